The zero-order valence-corrected chi connectivity index (χ0v) is 9.40. The summed E-state index contributed by atoms with van der Waals surface area (Å²) in [5, 5.41) is 0. The van der Waals surface area contributed by atoms with Crippen LogP contribution in [0, 0.1) is 12.3 Å². The second-order valence-electron chi connectivity index (χ2n) is 5.22. The molecule has 0 amide bonds. The summed E-state index contributed by atoms with van der Waals surface area (Å²) in [6.07, 6.45) is 1.95. The molecular formula is C12H17N3. The molecule has 0 unspecified atom stereocenters. The number of likely N-dealkylation sites (tertiary alicyclic amines) is 1. The topological polar surface area (TPSA) is 19.4 Å². The molecule has 15 heavy (non-hydrogen) atoms. The molecule has 1 spiro atoms. The second-order valence-corrected chi connectivity index (χ2v) is 5.22. The van der Waals surface area contributed by atoms with Gasteiger partial charge >= 0.3 is 0 Å². The molecular weight excluding hydrogens is 186 g/mol. The molecule has 3 heteroatoms. The smallest absolute Gasteiger partial charge is 0.128 e. The molecule has 0 saturated carbocycles. The average molecular weight is 203 g/mol. The van der Waals surface area contributed by atoms with E-state index in [4.69, 9.17) is 0 Å². The number of hydrogen-bond acceptors (Lipinski definition) is 3. The van der Waals surface area contributed by atoms with E-state index in [0.717, 1.165) is 5.82 Å². The van der Waals surface area contributed by atoms with E-state index in [1.807, 2.05) is 6.20 Å². The highest BCUT2D eigenvalue weighted by atomic mass is 15.3. The molecule has 1 aromatic rings. The van der Waals surface area contributed by atoms with Crippen LogP contribution in [0.4, 0.5) is 5.82 Å². The van der Waals surface area contributed by atoms with Crippen LogP contribution in [-0.4, -0.2) is 43.1 Å². The van der Waals surface area contributed by atoms with E-state index in [1.54, 1.807) is 0 Å². The first kappa shape index (κ1) is 9.16. The van der Waals surface area contributed by atoms with Gasteiger partial charge in [0.2, 0.25) is 0 Å². The summed E-state index contributed by atoms with van der Waals surface area (Å²) in [6.45, 7) is 6.97. The van der Waals surface area contributed by atoms with E-state index >= 15 is 0 Å². The number of aromatic nitrogens is 1. The standard InChI is InChI=1S/C12H17N3/c1-10-3-4-11(13-5-10)15-8-12(9-15)6-14(2)7-12/h3-5H,6-9H2,1-2H3. The fraction of sp³-hybridized carbons (Fsp3) is 0.583. The Kier molecular flexibility index (Phi) is 1.80. The van der Waals surface area contributed by atoms with Crippen LogP contribution >= 0.6 is 0 Å². The van der Waals surface area contributed by atoms with Gasteiger partial charge in [-0.25, -0.2) is 4.98 Å². The van der Waals surface area contributed by atoms with Crippen molar-refractivity contribution in [2.75, 3.05) is 38.1 Å². The zero-order valence-electron chi connectivity index (χ0n) is 9.40. The van der Waals surface area contributed by atoms with Gasteiger partial charge in [0.1, 0.15) is 5.82 Å². The summed E-state index contributed by atoms with van der Waals surface area (Å²) in [4.78, 5) is 9.23. The third-order valence-corrected chi connectivity index (χ3v) is 3.48. The summed E-state index contributed by atoms with van der Waals surface area (Å²) in [7, 11) is 2.19. The van der Waals surface area contributed by atoms with Gasteiger partial charge in [-0.3, -0.25) is 0 Å². The summed E-state index contributed by atoms with van der Waals surface area (Å²) in [5.74, 6) is 1.14. The first-order valence-corrected chi connectivity index (χ1v) is 5.53. The van der Waals surface area contributed by atoms with Crippen molar-refractivity contribution in [1.29, 1.82) is 0 Å². The van der Waals surface area contributed by atoms with Crippen LogP contribution in [0.25, 0.3) is 0 Å². The molecule has 0 aliphatic carbocycles. The molecule has 0 N–H and O–H groups in total. The molecule has 2 aliphatic rings. The van der Waals surface area contributed by atoms with Crippen molar-refractivity contribution in [3.05, 3.63) is 23.9 Å². The van der Waals surface area contributed by atoms with E-state index < -0.39 is 0 Å². The minimum Gasteiger partial charge on any atom is -0.355 e. The van der Waals surface area contributed by atoms with E-state index in [-0.39, 0.29) is 0 Å². The highest BCUT2D eigenvalue weighted by Gasteiger charge is 2.50. The summed E-state index contributed by atoms with van der Waals surface area (Å²) in [6, 6.07) is 4.27. The Hall–Kier alpha value is -1.09. The molecule has 2 fully saturated rings. The van der Waals surface area contributed by atoms with Crippen LogP contribution in [0.5, 0.6) is 0 Å². The maximum atomic E-state index is 4.46. The minimum atomic E-state index is 0.599. The highest BCUT2D eigenvalue weighted by Crippen LogP contribution is 2.40. The van der Waals surface area contributed by atoms with Crippen molar-refractivity contribution in [3.8, 4) is 0 Å². The SMILES string of the molecule is Cc1ccc(N2CC3(CN(C)C3)C2)nc1. The second kappa shape index (κ2) is 2.95. The maximum Gasteiger partial charge on any atom is 0.128 e. The number of aryl methyl sites for hydroxylation is 1. The molecule has 2 saturated heterocycles. The summed E-state index contributed by atoms with van der Waals surface area (Å²) < 4.78 is 0. The highest BCUT2D eigenvalue weighted by molar-refractivity contribution is 5.44. The van der Waals surface area contributed by atoms with Crippen molar-refractivity contribution in [2.24, 2.45) is 5.41 Å². The van der Waals surface area contributed by atoms with Crippen LogP contribution in [0.3, 0.4) is 0 Å². The third-order valence-electron chi connectivity index (χ3n) is 3.48. The fourth-order valence-corrected chi connectivity index (χ4v) is 2.87. The van der Waals surface area contributed by atoms with Gasteiger partial charge in [0, 0.05) is 37.8 Å². The first-order valence-electron chi connectivity index (χ1n) is 5.53. The lowest BCUT2D eigenvalue weighted by Gasteiger charge is -2.59. The van der Waals surface area contributed by atoms with Crippen molar-refractivity contribution >= 4 is 5.82 Å². The Morgan fingerprint density at radius 1 is 1.20 bits per heavy atom. The number of nitrogens with zero attached hydrogens (tertiary/aromatic N) is 3. The van der Waals surface area contributed by atoms with Gasteiger partial charge in [0.25, 0.3) is 0 Å². The molecule has 3 heterocycles. The van der Waals surface area contributed by atoms with E-state index in [2.05, 4.69) is 40.9 Å². The van der Waals surface area contributed by atoms with Gasteiger partial charge < -0.3 is 9.80 Å². The molecule has 0 atom stereocenters. The maximum absolute atomic E-state index is 4.46. The lowest BCUT2D eigenvalue weighted by Crippen LogP contribution is -2.71. The molecule has 1 aromatic heterocycles. The van der Waals surface area contributed by atoms with Crippen LogP contribution in [0.2, 0.25) is 0 Å². The predicted octanol–water partition coefficient (Wildman–Crippen LogP) is 1.14. The molecule has 3 nitrogen and oxygen atoms in total. The monoisotopic (exact) mass is 203 g/mol. The largest absolute Gasteiger partial charge is 0.355 e. The Balaban J connectivity index is 1.65. The average Bonchev–Trinajstić information content (AvgIpc) is 2.11. The first-order chi connectivity index (χ1) is 7.17. The predicted molar refractivity (Wildman–Crippen MR) is 61.1 cm³/mol. The quantitative estimate of drug-likeness (QED) is 0.682. The Morgan fingerprint density at radius 2 is 1.93 bits per heavy atom. The van der Waals surface area contributed by atoms with Crippen molar-refractivity contribution < 1.29 is 0 Å². The number of pyridine rings is 1. The molecule has 0 radical (unpaired) electrons. The van der Waals surface area contributed by atoms with Crippen molar-refractivity contribution in [1.82, 2.24) is 9.88 Å². The van der Waals surface area contributed by atoms with Crippen LogP contribution in [0.15, 0.2) is 18.3 Å². The van der Waals surface area contributed by atoms with Gasteiger partial charge in [-0.2, -0.15) is 0 Å². The van der Waals surface area contributed by atoms with Gasteiger partial charge in [-0.1, -0.05) is 6.07 Å². The minimum absolute atomic E-state index is 0.599. The Morgan fingerprint density at radius 3 is 2.47 bits per heavy atom. The Labute approximate surface area is 90.7 Å². The molecule has 80 valence electrons. The molecule has 0 bridgehead atoms. The molecule has 2 aliphatic heterocycles. The lowest BCUT2D eigenvalue weighted by atomic mass is 9.73. The Bertz CT molecular complexity index is 357. The van der Waals surface area contributed by atoms with Crippen molar-refractivity contribution in [2.45, 2.75) is 6.92 Å². The van der Waals surface area contributed by atoms with Crippen LogP contribution in [-0.2, 0) is 0 Å². The van der Waals surface area contributed by atoms with Gasteiger partial charge in [-0.15, -0.1) is 0 Å². The summed E-state index contributed by atoms with van der Waals surface area (Å²) >= 11 is 0. The number of hydrogen-bond donors (Lipinski definition) is 0. The number of rotatable bonds is 1. The van der Waals surface area contributed by atoms with Crippen LogP contribution in [0.1, 0.15) is 5.56 Å². The van der Waals surface area contributed by atoms with Gasteiger partial charge in [-0.05, 0) is 25.6 Å². The number of anilines is 1. The summed E-state index contributed by atoms with van der Waals surface area (Å²) in [5.41, 5.74) is 1.83. The van der Waals surface area contributed by atoms with E-state index in [1.165, 1.54) is 31.7 Å². The molecule has 3 rings (SSSR count). The lowest BCUT2D eigenvalue weighted by molar-refractivity contribution is -0.00279. The van der Waals surface area contributed by atoms with Crippen LogP contribution < -0.4 is 4.90 Å². The third kappa shape index (κ3) is 1.42. The van der Waals surface area contributed by atoms with E-state index in [9.17, 15) is 0 Å². The van der Waals surface area contributed by atoms with Gasteiger partial charge in [0.15, 0.2) is 0 Å². The van der Waals surface area contributed by atoms with Crippen molar-refractivity contribution in [3.63, 3.8) is 0 Å². The van der Waals surface area contributed by atoms with E-state index in [0.29, 0.717) is 5.41 Å². The normalized spacial score (nSPS) is 23.7. The molecule has 0 aromatic carbocycles. The fourth-order valence-electron chi connectivity index (χ4n) is 2.87. The van der Waals surface area contributed by atoms with Gasteiger partial charge in [0.05, 0.1) is 0 Å². The zero-order chi connectivity index (χ0) is 10.5.